The first kappa shape index (κ1) is 18.9. The van der Waals surface area contributed by atoms with Crippen LogP contribution >= 0.6 is 0 Å². The van der Waals surface area contributed by atoms with Gasteiger partial charge in [0.1, 0.15) is 5.82 Å². The molecule has 5 nitrogen and oxygen atoms in total. The highest BCUT2D eigenvalue weighted by molar-refractivity contribution is 5.50. The predicted molar refractivity (Wildman–Crippen MR) is 116 cm³/mol. The fraction of sp³-hybridized carbons (Fsp3) is 0.583. The van der Waals surface area contributed by atoms with Crippen molar-refractivity contribution in [3.63, 3.8) is 0 Å². The van der Waals surface area contributed by atoms with E-state index in [4.69, 9.17) is 9.97 Å². The first-order valence-corrected chi connectivity index (χ1v) is 11.4. The number of rotatable bonds is 5. The standard InChI is InChI=1S/C24H32N4O/c1-16(29)18-9-10-20-15-28(12-11-19(20)13-18)23-14-22(17-7-8-17)26-24(27-23)25-21-5-3-2-4-6-21/h9-10,13-14,16-17,21,29H,2-8,11-12,15H2,1H3,(H,25,26,27)/t16-/m0/s1. The summed E-state index contributed by atoms with van der Waals surface area (Å²) >= 11 is 0. The molecule has 2 heterocycles. The van der Waals surface area contributed by atoms with Crippen LogP contribution in [-0.4, -0.2) is 27.7 Å². The SMILES string of the molecule is C[C@H](O)c1ccc2c(c1)CCN(c1cc(C3CC3)nc(NC3CCCCC3)n1)C2. The van der Waals surface area contributed by atoms with Crippen LogP contribution in [0.25, 0.3) is 0 Å². The summed E-state index contributed by atoms with van der Waals surface area (Å²) in [5, 5.41) is 13.5. The van der Waals surface area contributed by atoms with Crippen LogP contribution in [0.1, 0.15) is 86.3 Å². The Morgan fingerprint density at radius 2 is 1.86 bits per heavy atom. The molecular formula is C24H32N4O. The van der Waals surface area contributed by atoms with Crippen LogP contribution in [0.2, 0.25) is 0 Å². The molecule has 0 saturated heterocycles. The molecule has 2 aromatic rings. The van der Waals surface area contributed by atoms with Gasteiger partial charge in [0.2, 0.25) is 5.95 Å². The van der Waals surface area contributed by atoms with Crippen molar-refractivity contribution < 1.29 is 5.11 Å². The Morgan fingerprint density at radius 1 is 1.03 bits per heavy atom. The van der Waals surface area contributed by atoms with E-state index in [1.54, 1.807) is 0 Å². The summed E-state index contributed by atoms with van der Waals surface area (Å²) in [6.07, 6.45) is 9.53. The van der Waals surface area contributed by atoms with E-state index < -0.39 is 6.10 Å². The molecule has 2 saturated carbocycles. The molecule has 0 radical (unpaired) electrons. The van der Waals surface area contributed by atoms with Crippen molar-refractivity contribution in [3.05, 3.63) is 46.6 Å². The van der Waals surface area contributed by atoms with E-state index >= 15 is 0 Å². The number of aliphatic hydroxyl groups is 1. The van der Waals surface area contributed by atoms with Gasteiger partial charge in [-0.15, -0.1) is 0 Å². The lowest BCUT2D eigenvalue weighted by molar-refractivity contribution is 0.199. The first-order chi connectivity index (χ1) is 14.2. The van der Waals surface area contributed by atoms with Crippen molar-refractivity contribution >= 4 is 11.8 Å². The lowest BCUT2D eigenvalue weighted by Crippen LogP contribution is -2.32. The van der Waals surface area contributed by atoms with Crippen LogP contribution in [0.5, 0.6) is 0 Å². The lowest BCUT2D eigenvalue weighted by Gasteiger charge is -2.31. The van der Waals surface area contributed by atoms with Crippen molar-refractivity contribution in [3.8, 4) is 0 Å². The maximum atomic E-state index is 9.87. The Morgan fingerprint density at radius 3 is 2.62 bits per heavy atom. The summed E-state index contributed by atoms with van der Waals surface area (Å²) in [7, 11) is 0. The van der Waals surface area contributed by atoms with E-state index in [0.29, 0.717) is 12.0 Å². The molecular weight excluding hydrogens is 360 g/mol. The van der Waals surface area contributed by atoms with Gasteiger partial charge in [-0.3, -0.25) is 0 Å². The van der Waals surface area contributed by atoms with E-state index in [9.17, 15) is 5.11 Å². The second kappa shape index (κ2) is 7.94. The molecule has 2 N–H and O–H groups in total. The van der Waals surface area contributed by atoms with Crippen molar-refractivity contribution in [1.29, 1.82) is 0 Å². The maximum absolute atomic E-state index is 9.87. The lowest BCUT2D eigenvalue weighted by atomic mass is 9.95. The minimum Gasteiger partial charge on any atom is -0.389 e. The van der Waals surface area contributed by atoms with Crippen molar-refractivity contribution in [2.45, 2.75) is 82.9 Å². The molecule has 0 spiro atoms. The minimum atomic E-state index is -0.408. The molecule has 0 unspecified atom stereocenters. The number of aromatic nitrogens is 2. The third-order valence-corrected chi connectivity index (χ3v) is 6.72. The number of fused-ring (bicyclic) bond motifs is 1. The first-order valence-electron chi connectivity index (χ1n) is 11.4. The highest BCUT2D eigenvalue weighted by atomic mass is 16.3. The second-order valence-electron chi connectivity index (χ2n) is 9.10. The van der Waals surface area contributed by atoms with Crippen molar-refractivity contribution in [2.75, 3.05) is 16.8 Å². The normalized spacial score (nSPS) is 21.0. The molecule has 1 aromatic heterocycles. The average molecular weight is 393 g/mol. The van der Waals surface area contributed by atoms with Gasteiger partial charge in [-0.1, -0.05) is 37.5 Å². The zero-order valence-corrected chi connectivity index (χ0v) is 17.4. The number of nitrogens with one attached hydrogen (secondary N) is 1. The van der Waals surface area contributed by atoms with E-state index in [2.05, 4.69) is 34.5 Å². The van der Waals surface area contributed by atoms with Crippen molar-refractivity contribution in [1.82, 2.24) is 9.97 Å². The van der Waals surface area contributed by atoms with Gasteiger partial charge in [0, 0.05) is 31.1 Å². The highest BCUT2D eigenvalue weighted by Gasteiger charge is 2.28. The number of hydrogen-bond donors (Lipinski definition) is 2. The molecule has 5 rings (SSSR count). The van der Waals surface area contributed by atoms with Crippen molar-refractivity contribution in [2.24, 2.45) is 0 Å². The van der Waals surface area contributed by atoms with Crippen LogP contribution in [0.3, 0.4) is 0 Å². The molecule has 2 aliphatic carbocycles. The smallest absolute Gasteiger partial charge is 0.225 e. The van der Waals surface area contributed by atoms with Gasteiger partial charge in [0.25, 0.3) is 0 Å². The number of nitrogens with zero attached hydrogens (tertiary/aromatic N) is 3. The Hall–Kier alpha value is -2.14. The van der Waals surface area contributed by atoms with Gasteiger partial charge < -0.3 is 15.3 Å². The van der Waals surface area contributed by atoms with Gasteiger partial charge in [-0.05, 0) is 55.7 Å². The van der Waals surface area contributed by atoms with Crippen LogP contribution in [0.4, 0.5) is 11.8 Å². The Kier molecular flexibility index (Phi) is 5.17. The third kappa shape index (κ3) is 4.25. The summed E-state index contributed by atoms with van der Waals surface area (Å²) in [6.45, 7) is 3.66. The molecule has 3 aliphatic rings. The molecule has 2 fully saturated rings. The maximum Gasteiger partial charge on any atom is 0.225 e. The number of hydrogen-bond acceptors (Lipinski definition) is 5. The van der Waals surface area contributed by atoms with Gasteiger partial charge in [0.05, 0.1) is 11.8 Å². The van der Waals surface area contributed by atoms with Gasteiger partial charge >= 0.3 is 0 Å². The summed E-state index contributed by atoms with van der Waals surface area (Å²) in [5.74, 6) is 2.51. The molecule has 154 valence electrons. The van der Waals surface area contributed by atoms with Crippen LogP contribution in [0, 0.1) is 0 Å². The minimum absolute atomic E-state index is 0.408. The molecule has 1 atom stereocenters. The molecule has 1 aliphatic heterocycles. The second-order valence-corrected chi connectivity index (χ2v) is 9.10. The van der Waals surface area contributed by atoms with E-state index in [1.807, 2.05) is 6.92 Å². The predicted octanol–water partition coefficient (Wildman–Crippen LogP) is 4.71. The van der Waals surface area contributed by atoms with E-state index in [1.165, 1.54) is 61.8 Å². The molecule has 5 heteroatoms. The fourth-order valence-electron chi connectivity index (χ4n) is 4.73. The zero-order chi connectivity index (χ0) is 19.8. The van der Waals surface area contributed by atoms with Gasteiger partial charge in [-0.2, -0.15) is 4.98 Å². The summed E-state index contributed by atoms with van der Waals surface area (Å²) < 4.78 is 0. The summed E-state index contributed by atoms with van der Waals surface area (Å²) in [5.41, 5.74) is 4.92. The molecule has 0 bridgehead atoms. The zero-order valence-electron chi connectivity index (χ0n) is 17.4. The van der Waals surface area contributed by atoms with E-state index in [0.717, 1.165) is 36.8 Å². The highest BCUT2D eigenvalue weighted by Crippen LogP contribution is 2.40. The largest absolute Gasteiger partial charge is 0.389 e. The van der Waals surface area contributed by atoms with Crippen LogP contribution < -0.4 is 10.2 Å². The third-order valence-electron chi connectivity index (χ3n) is 6.72. The van der Waals surface area contributed by atoms with Crippen LogP contribution in [-0.2, 0) is 13.0 Å². The monoisotopic (exact) mass is 392 g/mol. The Balaban J connectivity index is 1.38. The number of benzene rings is 1. The molecule has 29 heavy (non-hydrogen) atoms. The summed E-state index contributed by atoms with van der Waals surface area (Å²) in [4.78, 5) is 12.2. The average Bonchev–Trinajstić information content (AvgIpc) is 3.59. The number of anilines is 2. The molecule has 1 aromatic carbocycles. The quantitative estimate of drug-likeness (QED) is 0.771. The fourth-order valence-corrected chi connectivity index (χ4v) is 4.73. The Bertz CT molecular complexity index is 871. The van der Waals surface area contributed by atoms with Crippen LogP contribution in [0.15, 0.2) is 24.3 Å². The summed E-state index contributed by atoms with van der Waals surface area (Å²) in [6, 6.07) is 9.14. The molecule has 0 amide bonds. The van der Waals surface area contributed by atoms with Gasteiger partial charge in [-0.25, -0.2) is 4.98 Å². The number of aliphatic hydroxyl groups excluding tert-OH is 1. The Labute approximate surface area is 173 Å². The van der Waals surface area contributed by atoms with Gasteiger partial charge in [0.15, 0.2) is 0 Å². The topological polar surface area (TPSA) is 61.3 Å². The van der Waals surface area contributed by atoms with E-state index in [-0.39, 0.29) is 0 Å².